The Morgan fingerprint density at radius 3 is 2.41 bits per heavy atom. The smallest absolute Gasteiger partial charge is 0.254 e. The van der Waals surface area contributed by atoms with Gasteiger partial charge in [0.25, 0.3) is 5.91 Å². The standard InChI is InChI=1S/C17H18ClNO3/c1-19(11-12-7-5-4-6-8-12)17(20)13-9-14(18)16(22-3)15(10-13)21-2/h4-10H,11H2,1-3H3. The third kappa shape index (κ3) is 3.52. The molecule has 5 heteroatoms. The van der Waals surface area contributed by atoms with Crippen LogP contribution in [-0.2, 0) is 6.54 Å². The number of amides is 1. The zero-order valence-electron chi connectivity index (χ0n) is 12.8. The molecule has 0 unspecified atom stereocenters. The van der Waals surface area contributed by atoms with Gasteiger partial charge in [-0.15, -0.1) is 0 Å². The van der Waals surface area contributed by atoms with Gasteiger partial charge in [-0.05, 0) is 17.7 Å². The summed E-state index contributed by atoms with van der Waals surface area (Å²) in [6, 6.07) is 13.0. The maximum atomic E-state index is 12.5. The number of hydrogen-bond acceptors (Lipinski definition) is 3. The molecule has 0 atom stereocenters. The molecule has 2 aromatic rings. The number of carbonyl (C=O) groups is 1. The van der Waals surface area contributed by atoms with Gasteiger partial charge in [-0.2, -0.15) is 0 Å². The highest BCUT2D eigenvalue weighted by molar-refractivity contribution is 6.32. The van der Waals surface area contributed by atoms with E-state index in [9.17, 15) is 4.79 Å². The van der Waals surface area contributed by atoms with Crippen LogP contribution in [0.5, 0.6) is 11.5 Å². The number of carbonyl (C=O) groups excluding carboxylic acids is 1. The largest absolute Gasteiger partial charge is 0.493 e. The molecule has 116 valence electrons. The van der Waals surface area contributed by atoms with Crippen molar-refractivity contribution in [3.05, 3.63) is 58.6 Å². The van der Waals surface area contributed by atoms with Crippen molar-refractivity contribution in [2.24, 2.45) is 0 Å². The van der Waals surface area contributed by atoms with Gasteiger partial charge in [0.1, 0.15) is 0 Å². The zero-order valence-corrected chi connectivity index (χ0v) is 13.6. The average Bonchev–Trinajstić information content (AvgIpc) is 2.54. The molecule has 0 saturated carbocycles. The third-order valence-corrected chi connectivity index (χ3v) is 3.57. The van der Waals surface area contributed by atoms with Crippen molar-refractivity contribution < 1.29 is 14.3 Å². The van der Waals surface area contributed by atoms with Crippen LogP contribution in [-0.4, -0.2) is 32.1 Å². The van der Waals surface area contributed by atoms with Crippen LogP contribution < -0.4 is 9.47 Å². The normalized spacial score (nSPS) is 10.2. The van der Waals surface area contributed by atoms with Crippen LogP contribution in [0.3, 0.4) is 0 Å². The molecule has 2 aromatic carbocycles. The Morgan fingerprint density at radius 1 is 1.14 bits per heavy atom. The first kappa shape index (κ1) is 16.2. The predicted molar refractivity (Wildman–Crippen MR) is 86.8 cm³/mol. The van der Waals surface area contributed by atoms with E-state index in [-0.39, 0.29) is 5.91 Å². The summed E-state index contributed by atoms with van der Waals surface area (Å²) in [7, 11) is 4.77. The van der Waals surface area contributed by atoms with Crippen LogP contribution in [0.15, 0.2) is 42.5 Å². The van der Waals surface area contributed by atoms with E-state index >= 15 is 0 Å². The molecule has 0 aliphatic heterocycles. The topological polar surface area (TPSA) is 38.8 Å². The minimum Gasteiger partial charge on any atom is -0.493 e. The minimum atomic E-state index is -0.133. The molecule has 0 aliphatic rings. The van der Waals surface area contributed by atoms with Crippen LogP contribution in [0.4, 0.5) is 0 Å². The summed E-state index contributed by atoms with van der Waals surface area (Å²) in [5, 5.41) is 0.346. The Hall–Kier alpha value is -2.20. The molecule has 0 aliphatic carbocycles. The molecule has 0 N–H and O–H groups in total. The summed E-state index contributed by atoms with van der Waals surface area (Å²) >= 11 is 6.15. The zero-order chi connectivity index (χ0) is 16.1. The van der Waals surface area contributed by atoms with E-state index in [4.69, 9.17) is 21.1 Å². The van der Waals surface area contributed by atoms with Crippen LogP contribution in [0.1, 0.15) is 15.9 Å². The Labute approximate surface area is 135 Å². The molecule has 0 saturated heterocycles. The fourth-order valence-electron chi connectivity index (χ4n) is 2.19. The maximum absolute atomic E-state index is 12.5. The van der Waals surface area contributed by atoms with E-state index in [1.807, 2.05) is 30.3 Å². The van der Waals surface area contributed by atoms with E-state index in [1.54, 1.807) is 24.1 Å². The molecule has 0 spiro atoms. The van der Waals surface area contributed by atoms with Crippen LogP contribution >= 0.6 is 11.6 Å². The predicted octanol–water partition coefficient (Wildman–Crippen LogP) is 3.63. The van der Waals surface area contributed by atoms with Crippen molar-refractivity contribution in [3.8, 4) is 11.5 Å². The van der Waals surface area contributed by atoms with E-state index in [1.165, 1.54) is 14.2 Å². The molecular weight excluding hydrogens is 302 g/mol. The van der Waals surface area contributed by atoms with Crippen molar-refractivity contribution in [3.63, 3.8) is 0 Å². The van der Waals surface area contributed by atoms with Crippen molar-refractivity contribution in [2.45, 2.75) is 6.54 Å². The highest BCUT2D eigenvalue weighted by Gasteiger charge is 2.18. The Balaban J connectivity index is 2.23. The van der Waals surface area contributed by atoms with Gasteiger partial charge in [0.15, 0.2) is 11.5 Å². The second-order valence-electron chi connectivity index (χ2n) is 4.84. The van der Waals surface area contributed by atoms with Gasteiger partial charge in [0.2, 0.25) is 0 Å². The molecule has 0 radical (unpaired) electrons. The van der Waals surface area contributed by atoms with Crippen LogP contribution in [0.2, 0.25) is 5.02 Å². The minimum absolute atomic E-state index is 0.133. The lowest BCUT2D eigenvalue weighted by Crippen LogP contribution is -2.26. The maximum Gasteiger partial charge on any atom is 0.254 e. The average molecular weight is 320 g/mol. The van der Waals surface area contributed by atoms with E-state index in [2.05, 4.69) is 0 Å². The SMILES string of the molecule is COc1cc(C(=O)N(C)Cc2ccccc2)cc(Cl)c1OC. The molecule has 0 fully saturated rings. The molecule has 4 nitrogen and oxygen atoms in total. The third-order valence-electron chi connectivity index (χ3n) is 3.29. The fraction of sp³-hybridized carbons (Fsp3) is 0.235. The first-order chi connectivity index (χ1) is 10.6. The molecule has 0 bridgehead atoms. The summed E-state index contributed by atoms with van der Waals surface area (Å²) in [6.07, 6.45) is 0. The molecule has 22 heavy (non-hydrogen) atoms. The van der Waals surface area contributed by atoms with Gasteiger partial charge in [-0.25, -0.2) is 0 Å². The first-order valence-electron chi connectivity index (χ1n) is 6.77. The number of rotatable bonds is 5. The number of benzene rings is 2. The summed E-state index contributed by atoms with van der Waals surface area (Å²) in [4.78, 5) is 14.2. The highest BCUT2D eigenvalue weighted by atomic mass is 35.5. The molecular formula is C17H18ClNO3. The lowest BCUT2D eigenvalue weighted by Gasteiger charge is -2.19. The Morgan fingerprint density at radius 2 is 1.82 bits per heavy atom. The summed E-state index contributed by atoms with van der Waals surface area (Å²) in [5.74, 6) is 0.726. The van der Waals surface area contributed by atoms with E-state index in [0.29, 0.717) is 28.6 Å². The molecule has 0 aromatic heterocycles. The number of methoxy groups -OCH3 is 2. The second kappa shape index (κ2) is 7.18. The quantitative estimate of drug-likeness (QED) is 0.844. The van der Waals surface area contributed by atoms with Gasteiger partial charge in [0.05, 0.1) is 19.2 Å². The van der Waals surface area contributed by atoms with E-state index in [0.717, 1.165) is 5.56 Å². The van der Waals surface area contributed by atoms with Crippen LogP contribution in [0.25, 0.3) is 0 Å². The lowest BCUT2D eigenvalue weighted by atomic mass is 10.1. The number of ether oxygens (including phenoxy) is 2. The van der Waals surface area contributed by atoms with Crippen molar-refractivity contribution in [1.82, 2.24) is 4.90 Å². The van der Waals surface area contributed by atoms with Crippen molar-refractivity contribution >= 4 is 17.5 Å². The van der Waals surface area contributed by atoms with E-state index < -0.39 is 0 Å². The molecule has 2 rings (SSSR count). The van der Waals surface area contributed by atoms with Gasteiger partial charge >= 0.3 is 0 Å². The van der Waals surface area contributed by atoms with Crippen molar-refractivity contribution in [2.75, 3.05) is 21.3 Å². The molecule has 0 heterocycles. The summed E-state index contributed by atoms with van der Waals surface area (Å²) < 4.78 is 10.4. The van der Waals surface area contributed by atoms with Gasteiger partial charge in [0, 0.05) is 19.2 Å². The number of halogens is 1. The van der Waals surface area contributed by atoms with Gasteiger partial charge in [-0.3, -0.25) is 4.79 Å². The summed E-state index contributed by atoms with van der Waals surface area (Å²) in [5.41, 5.74) is 1.52. The Kier molecular flexibility index (Phi) is 5.28. The summed E-state index contributed by atoms with van der Waals surface area (Å²) in [6.45, 7) is 0.519. The highest BCUT2D eigenvalue weighted by Crippen LogP contribution is 2.36. The lowest BCUT2D eigenvalue weighted by molar-refractivity contribution is 0.0784. The number of nitrogens with zero attached hydrogens (tertiary/aromatic N) is 1. The van der Waals surface area contributed by atoms with Gasteiger partial charge < -0.3 is 14.4 Å². The van der Waals surface area contributed by atoms with Gasteiger partial charge in [-0.1, -0.05) is 41.9 Å². The Bertz CT molecular complexity index is 658. The monoisotopic (exact) mass is 319 g/mol. The first-order valence-corrected chi connectivity index (χ1v) is 7.15. The second-order valence-corrected chi connectivity index (χ2v) is 5.25. The molecule has 1 amide bonds. The number of hydrogen-bond donors (Lipinski definition) is 0. The van der Waals surface area contributed by atoms with Crippen molar-refractivity contribution in [1.29, 1.82) is 0 Å². The fourth-order valence-corrected chi connectivity index (χ4v) is 2.48. The van der Waals surface area contributed by atoms with Crippen LogP contribution in [0, 0.1) is 0 Å².